The van der Waals surface area contributed by atoms with Crippen molar-refractivity contribution in [1.29, 1.82) is 0 Å². The molecule has 0 atom stereocenters. The Kier molecular flexibility index (Phi) is 1.94. The summed E-state index contributed by atoms with van der Waals surface area (Å²) in [5.74, 6) is -1.93. The molecule has 1 rings (SSSR count). The van der Waals surface area contributed by atoms with Crippen LogP contribution >= 0.6 is 0 Å². The summed E-state index contributed by atoms with van der Waals surface area (Å²) in [7, 11) is 0. The molecule has 0 saturated heterocycles. The van der Waals surface area contributed by atoms with Crippen molar-refractivity contribution in [2.75, 3.05) is 0 Å². The Hall–Kier alpha value is -1.32. The van der Waals surface area contributed by atoms with Gasteiger partial charge < -0.3 is 0 Å². The average molecular weight is 160 g/mol. The van der Waals surface area contributed by atoms with Gasteiger partial charge in [0.1, 0.15) is 11.6 Å². The lowest BCUT2D eigenvalue weighted by Crippen LogP contribution is -1.92. The highest BCUT2D eigenvalue weighted by Gasteiger charge is 2.06. The number of carbonyl (C=O) groups is 1. The van der Waals surface area contributed by atoms with Crippen LogP contribution in [0.25, 0.3) is 0 Å². The van der Waals surface area contributed by atoms with Gasteiger partial charge >= 0.3 is 6.04 Å². The van der Waals surface area contributed by atoms with Gasteiger partial charge in [-0.2, -0.15) is 4.39 Å². The molecule has 0 radical (unpaired) electrons. The van der Waals surface area contributed by atoms with Gasteiger partial charge in [0.2, 0.25) is 0 Å². The van der Waals surface area contributed by atoms with E-state index < -0.39 is 23.2 Å². The van der Waals surface area contributed by atoms with E-state index in [0.29, 0.717) is 18.2 Å². The van der Waals surface area contributed by atoms with Gasteiger partial charge in [-0.25, -0.2) is 8.78 Å². The van der Waals surface area contributed by atoms with Crippen LogP contribution in [-0.4, -0.2) is 6.04 Å². The molecular weight excluding hydrogens is 157 g/mol. The van der Waals surface area contributed by atoms with Crippen LogP contribution in [0.2, 0.25) is 0 Å². The van der Waals surface area contributed by atoms with E-state index in [9.17, 15) is 18.0 Å². The van der Waals surface area contributed by atoms with Crippen LogP contribution in [0.4, 0.5) is 13.2 Å². The smallest absolute Gasteiger partial charge is 0.255 e. The fraction of sp³-hybridized carbons (Fsp3) is 0. The maximum absolute atomic E-state index is 12.2. The van der Waals surface area contributed by atoms with Crippen LogP contribution < -0.4 is 0 Å². The summed E-state index contributed by atoms with van der Waals surface area (Å²) in [4.78, 5) is 9.95. The third-order valence-electron chi connectivity index (χ3n) is 1.09. The Morgan fingerprint density at radius 2 is 1.55 bits per heavy atom. The van der Waals surface area contributed by atoms with Crippen molar-refractivity contribution in [2.24, 2.45) is 0 Å². The molecule has 1 aromatic rings. The molecular formula is C7H3F3O. The molecule has 0 bridgehead atoms. The normalized spacial score (nSPS) is 9.73. The van der Waals surface area contributed by atoms with Crippen LogP contribution in [0.5, 0.6) is 0 Å². The number of rotatable bonds is 1. The van der Waals surface area contributed by atoms with Gasteiger partial charge in [0.15, 0.2) is 0 Å². The van der Waals surface area contributed by atoms with Gasteiger partial charge in [-0.15, -0.1) is 0 Å². The largest absolute Gasteiger partial charge is 0.332 e. The first-order chi connectivity index (χ1) is 5.09. The molecule has 11 heavy (non-hydrogen) atoms. The van der Waals surface area contributed by atoms with Crippen LogP contribution in [-0.2, 0) is 0 Å². The van der Waals surface area contributed by atoms with Gasteiger partial charge in [0.05, 0.1) is 5.56 Å². The van der Waals surface area contributed by atoms with Crippen molar-refractivity contribution in [2.45, 2.75) is 0 Å². The van der Waals surface area contributed by atoms with E-state index in [4.69, 9.17) is 0 Å². The molecule has 0 fully saturated rings. The maximum atomic E-state index is 12.2. The number of hydrogen-bond acceptors (Lipinski definition) is 1. The highest BCUT2D eigenvalue weighted by Crippen LogP contribution is 2.08. The number of benzene rings is 1. The highest BCUT2D eigenvalue weighted by atomic mass is 19.1. The minimum absolute atomic E-state index is 0.562. The van der Waals surface area contributed by atoms with E-state index in [2.05, 4.69) is 0 Å². The van der Waals surface area contributed by atoms with Gasteiger partial charge in [0, 0.05) is 6.07 Å². The first kappa shape index (κ1) is 7.78. The molecule has 0 aliphatic rings. The predicted molar refractivity (Wildman–Crippen MR) is 31.8 cm³/mol. The monoisotopic (exact) mass is 160 g/mol. The van der Waals surface area contributed by atoms with Crippen molar-refractivity contribution in [3.8, 4) is 0 Å². The molecule has 4 heteroatoms. The average Bonchev–Trinajstić information content (AvgIpc) is 1.85. The standard InChI is InChI=1S/C7H3F3O/c8-5-1-4(7(10)11)2-6(9)3-5/h1-3H. The van der Waals surface area contributed by atoms with E-state index in [1.54, 1.807) is 0 Å². The van der Waals surface area contributed by atoms with E-state index in [1.165, 1.54) is 0 Å². The third kappa shape index (κ3) is 1.80. The molecule has 0 aliphatic carbocycles. The Morgan fingerprint density at radius 3 is 1.91 bits per heavy atom. The number of halogens is 3. The minimum Gasteiger partial charge on any atom is -0.255 e. The van der Waals surface area contributed by atoms with E-state index in [0.717, 1.165) is 0 Å². The maximum Gasteiger partial charge on any atom is 0.332 e. The van der Waals surface area contributed by atoms with Crippen LogP contribution in [0.3, 0.4) is 0 Å². The van der Waals surface area contributed by atoms with E-state index >= 15 is 0 Å². The van der Waals surface area contributed by atoms with Crippen molar-refractivity contribution in [3.63, 3.8) is 0 Å². The van der Waals surface area contributed by atoms with Crippen molar-refractivity contribution >= 4 is 6.04 Å². The fourth-order valence-electron chi connectivity index (χ4n) is 0.667. The molecule has 0 spiro atoms. The van der Waals surface area contributed by atoms with Crippen molar-refractivity contribution in [3.05, 3.63) is 35.4 Å². The van der Waals surface area contributed by atoms with Crippen LogP contribution in [0, 0.1) is 11.6 Å². The molecule has 0 aliphatic heterocycles. The Balaban J connectivity index is 3.19. The summed E-state index contributed by atoms with van der Waals surface area (Å²) in [6.07, 6.45) is 0. The summed E-state index contributed by atoms with van der Waals surface area (Å²) in [5.41, 5.74) is -0.609. The second kappa shape index (κ2) is 2.74. The molecule has 0 saturated carbocycles. The van der Waals surface area contributed by atoms with E-state index in [1.807, 2.05) is 0 Å². The first-order valence-corrected chi connectivity index (χ1v) is 2.75. The highest BCUT2D eigenvalue weighted by molar-refractivity contribution is 5.88. The summed E-state index contributed by atoms with van der Waals surface area (Å²) in [6.45, 7) is 0. The lowest BCUT2D eigenvalue weighted by atomic mass is 10.2. The summed E-state index contributed by atoms with van der Waals surface area (Å²) >= 11 is 0. The Labute approximate surface area is 60.5 Å². The molecule has 0 aromatic heterocycles. The van der Waals surface area contributed by atoms with E-state index in [-0.39, 0.29) is 0 Å². The quantitative estimate of drug-likeness (QED) is 0.574. The summed E-state index contributed by atoms with van der Waals surface area (Å²) in [5, 5.41) is 0. The second-order valence-electron chi connectivity index (χ2n) is 1.93. The predicted octanol–water partition coefficient (Wildman–Crippen LogP) is 2.07. The van der Waals surface area contributed by atoms with Crippen molar-refractivity contribution < 1.29 is 18.0 Å². The first-order valence-electron chi connectivity index (χ1n) is 2.75. The van der Waals surface area contributed by atoms with Crippen LogP contribution in [0.1, 0.15) is 10.4 Å². The zero-order valence-corrected chi connectivity index (χ0v) is 5.27. The van der Waals surface area contributed by atoms with Gasteiger partial charge in [0.25, 0.3) is 0 Å². The molecule has 0 amide bonds. The molecule has 0 unspecified atom stereocenters. The Morgan fingerprint density at radius 1 is 1.09 bits per heavy atom. The van der Waals surface area contributed by atoms with Gasteiger partial charge in [-0.1, -0.05) is 0 Å². The van der Waals surface area contributed by atoms with Gasteiger partial charge in [-0.3, -0.25) is 4.79 Å². The molecule has 1 aromatic carbocycles. The number of carbonyl (C=O) groups excluding carboxylic acids is 1. The second-order valence-corrected chi connectivity index (χ2v) is 1.93. The zero-order valence-electron chi connectivity index (χ0n) is 5.27. The van der Waals surface area contributed by atoms with Gasteiger partial charge in [-0.05, 0) is 12.1 Å². The lowest BCUT2D eigenvalue weighted by Gasteiger charge is -1.92. The molecule has 0 N–H and O–H groups in total. The minimum atomic E-state index is -1.84. The fourth-order valence-corrected chi connectivity index (χ4v) is 0.667. The topological polar surface area (TPSA) is 17.1 Å². The Bertz CT molecular complexity index is 275. The molecule has 0 heterocycles. The van der Waals surface area contributed by atoms with Crippen molar-refractivity contribution in [1.82, 2.24) is 0 Å². The SMILES string of the molecule is O=C(F)c1cc(F)cc(F)c1. The molecule has 1 nitrogen and oxygen atoms in total. The number of hydrogen-bond donors (Lipinski definition) is 0. The lowest BCUT2D eigenvalue weighted by molar-refractivity contribution is 0.0835. The molecule has 58 valence electrons. The third-order valence-corrected chi connectivity index (χ3v) is 1.09. The zero-order chi connectivity index (χ0) is 8.43. The summed E-state index contributed by atoms with van der Waals surface area (Å²) in [6, 6.07) is -0.0214. The van der Waals surface area contributed by atoms with Crippen LogP contribution in [0.15, 0.2) is 18.2 Å². The summed E-state index contributed by atoms with van der Waals surface area (Å²) < 4.78 is 36.3.